The van der Waals surface area contributed by atoms with E-state index in [4.69, 9.17) is 4.74 Å². The van der Waals surface area contributed by atoms with Crippen LogP contribution in [0.4, 0.5) is 23.2 Å². The highest BCUT2D eigenvalue weighted by atomic mass is 19.4. The van der Waals surface area contributed by atoms with Crippen molar-refractivity contribution in [3.63, 3.8) is 0 Å². The summed E-state index contributed by atoms with van der Waals surface area (Å²) in [6, 6.07) is 9.75. The number of halogens is 4. The topological polar surface area (TPSA) is 64.3 Å². The van der Waals surface area contributed by atoms with Gasteiger partial charge in [0.1, 0.15) is 23.2 Å². The Morgan fingerprint density at radius 2 is 1.89 bits per heavy atom. The molecule has 10 heteroatoms. The van der Waals surface area contributed by atoms with Crippen LogP contribution in [0.1, 0.15) is 43.5 Å². The zero-order valence-electron chi connectivity index (χ0n) is 19.2. The smallest absolute Gasteiger partial charge is 0.404 e. The number of rotatable bonds is 1. The van der Waals surface area contributed by atoms with Gasteiger partial charge in [-0.2, -0.15) is 13.2 Å². The Hall–Kier alpha value is -3.87. The molecular formula is C25H21F4N5O. The Morgan fingerprint density at radius 1 is 1.11 bits per heavy atom. The lowest BCUT2D eigenvalue weighted by molar-refractivity contribution is -0.190. The van der Waals surface area contributed by atoms with E-state index in [0.717, 1.165) is 13.8 Å². The molecule has 35 heavy (non-hydrogen) atoms. The van der Waals surface area contributed by atoms with Gasteiger partial charge in [0.25, 0.3) is 5.78 Å². The van der Waals surface area contributed by atoms with Crippen molar-refractivity contribution >= 4 is 22.4 Å². The molecule has 4 aromatic rings. The van der Waals surface area contributed by atoms with Gasteiger partial charge in [-0.25, -0.2) is 9.37 Å². The normalized spacial score (nSPS) is 16.1. The van der Waals surface area contributed by atoms with E-state index in [0.29, 0.717) is 52.8 Å². The lowest BCUT2D eigenvalue weighted by Crippen LogP contribution is -2.30. The largest absolute Gasteiger partial charge is 0.481 e. The van der Waals surface area contributed by atoms with E-state index in [9.17, 15) is 13.2 Å². The van der Waals surface area contributed by atoms with Crippen LogP contribution in [0.2, 0.25) is 0 Å². The third-order valence-corrected chi connectivity index (χ3v) is 6.04. The van der Waals surface area contributed by atoms with Crippen molar-refractivity contribution in [2.75, 3.05) is 11.9 Å². The molecule has 1 aliphatic heterocycles. The average molecular weight is 483 g/mol. The zero-order chi connectivity index (χ0) is 25.0. The van der Waals surface area contributed by atoms with Crippen LogP contribution in [0.25, 0.3) is 16.7 Å². The second kappa shape index (κ2) is 8.12. The number of hydrogen-bond donors (Lipinski definition) is 1. The first-order valence-electron chi connectivity index (χ1n) is 11.0. The Kier molecular flexibility index (Phi) is 5.31. The third kappa shape index (κ3) is 3.91. The molecule has 0 spiro atoms. The van der Waals surface area contributed by atoms with Gasteiger partial charge in [-0.3, -0.25) is 4.40 Å². The highest BCUT2D eigenvalue weighted by molar-refractivity contribution is 5.84. The first-order chi connectivity index (χ1) is 16.6. The van der Waals surface area contributed by atoms with E-state index in [1.54, 1.807) is 41.7 Å². The standard InChI is InChI=1S/C25H21F4N5O/c1-14-32-33-23-31-21(20-16(26)7-5-9-18(20)34(14)23)19-11-13-30-17-8-4-6-15(22(17)35-19)10-12-24(2,3)25(27,28)29/h4-9,19,30H,11,13H2,1-3H3. The van der Waals surface area contributed by atoms with E-state index in [2.05, 4.69) is 32.3 Å². The molecule has 1 unspecified atom stereocenters. The van der Waals surface area contributed by atoms with Crippen molar-refractivity contribution in [2.45, 2.75) is 39.5 Å². The maximum atomic E-state index is 15.1. The number of aryl methyl sites for hydroxylation is 1. The van der Waals surface area contributed by atoms with Gasteiger partial charge in [-0.05, 0) is 45.0 Å². The molecule has 0 fully saturated rings. The summed E-state index contributed by atoms with van der Waals surface area (Å²) < 4.78 is 63.1. The van der Waals surface area contributed by atoms with Gasteiger partial charge in [-0.15, -0.1) is 10.2 Å². The van der Waals surface area contributed by atoms with Gasteiger partial charge >= 0.3 is 6.18 Å². The molecule has 0 saturated heterocycles. The van der Waals surface area contributed by atoms with Crippen LogP contribution in [0.15, 0.2) is 36.4 Å². The first-order valence-corrected chi connectivity index (χ1v) is 11.0. The lowest BCUT2D eigenvalue weighted by atomic mass is 9.93. The predicted molar refractivity (Wildman–Crippen MR) is 123 cm³/mol. The Bertz CT molecular complexity index is 1510. The number of anilines is 1. The number of nitrogens with one attached hydrogen (secondary N) is 1. The summed E-state index contributed by atoms with van der Waals surface area (Å²) in [6.07, 6.45) is -4.77. The predicted octanol–water partition coefficient (Wildman–Crippen LogP) is 5.60. The molecule has 3 heterocycles. The summed E-state index contributed by atoms with van der Waals surface area (Å²) >= 11 is 0. The molecule has 1 N–H and O–H groups in total. The van der Waals surface area contributed by atoms with Gasteiger partial charge in [-0.1, -0.05) is 24.0 Å². The Balaban J connectivity index is 1.64. The molecule has 1 aliphatic rings. The van der Waals surface area contributed by atoms with Crippen molar-refractivity contribution in [3.8, 4) is 17.6 Å². The third-order valence-electron chi connectivity index (χ3n) is 6.04. The minimum Gasteiger partial charge on any atom is -0.481 e. The van der Waals surface area contributed by atoms with Crippen LogP contribution >= 0.6 is 0 Å². The number of hydrogen-bond acceptors (Lipinski definition) is 5. The molecule has 0 saturated carbocycles. The van der Waals surface area contributed by atoms with Crippen molar-refractivity contribution in [1.29, 1.82) is 0 Å². The zero-order valence-corrected chi connectivity index (χ0v) is 19.2. The fourth-order valence-corrected chi connectivity index (χ4v) is 3.98. The van der Waals surface area contributed by atoms with E-state index in [-0.39, 0.29) is 5.39 Å². The quantitative estimate of drug-likeness (QED) is 0.282. The summed E-state index contributed by atoms with van der Waals surface area (Å²) in [6.45, 7) is 4.27. The van der Waals surface area contributed by atoms with Gasteiger partial charge in [0.05, 0.1) is 27.8 Å². The monoisotopic (exact) mass is 483 g/mol. The van der Waals surface area contributed by atoms with Gasteiger partial charge in [0.2, 0.25) is 0 Å². The summed E-state index contributed by atoms with van der Waals surface area (Å²) in [5.74, 6) is 5.66. The number of ether oxygens (including phenoxy) is 1. The fraction of sp³-hybridized carbons (Fsp3) is 0.320. The van der Waals surface area contributed by atoms with Gasteiger partial charge < -0.3 is 10.1 Å². The van der Waals surface area contributed by atoms with Crippen molar-refractivity contribution < 1.29 is 22.3 Å². The Labute approximate surface area is 198 Å². The molecule has 0 amide bonds. The number of benzene rings is 2. The number of fused-ring (bicyclic) bond motifs is 4. The van der Waals surface area contributed by atoms with Gasteiger partial charge in [0.15, 0.2) is 5.75 Å². The minimum atomic E-state index is -4.49. The lowest BCUT2D eigenvalue weighted by Gasteiger charge is -2.21. The Morgan fingerprint density at radius 3 is 2.66 bits per heavy atom. The van der Waals surface area contributed by atoms with Crippen LogP contribution in [-0.2, 0) is 0 Å². The minimum absolute atomic E-state index is 0.276. The van der Waals surface area contributed by atoms with E-state index in [1.165, 1.54) is 6.07 Å². The maximum Gasteiger partial charge on any atom is 0.404 e. The molecule has 0 bridgehead atoms. The second-order valence-corrected chi connectivity index (χ2v) is 8.89. The number of para-hydroxylation sites is 1. The summed E-state index contributed by atoms with van der Waals surface area (Å²) in [5, 5.41) is 11.7. The van der Waals surface area contributed by atoms with Crippen molar-refractivity contribution in [3.05, 3.63) is 59.3 Å². The molecule has 6 nitrogen and oxygen atoms in total. The molecule has 0 aliphatic carbocycles. The van der Waals surface area contributed by atoms with Crippen molar-refractivity contribution in [1.82, 2.24) is 19.6 Å². The van der Waals surface area contributed by atoms with E-state index < -0.39 is 23.5 Å². The van der Waals surface area contributed by atoms with Crippen LogP contribution in [0.3, 0.4) is 0 Å². The SMILES string of the molecule is Cc1nnc2nc(C3CCNc4cccc(C#CC(C)(C)C(F)(F)F)c4O3)c3c(F)cccc3n12. The van der Waals surface area contributed by atoms with Crippen LogP contribution < -0.4 is 10.1 Å². The van der Waals surface area contributed by atoms with Crippen LogP contribution in [0, 0.1) is 30.0 Å². The molecule has 2 aromatic heterocycles. The maximum absolute atomic E-state index is 15.1. The van der Waals surface area contributed by atoms with Crippen LogP contribution in [0.5, 0.6) is 5.75 Å². The molecule has 1 atom stereocenters. The summed E-state index contributed by atoms with van der Waals surface area (Å²) in [7, 11) is 0. The number of nitrogens with zero attached hydrogens (tertiary/aromatic N) is 4. The average Bonchev–Trinajstić information content (AvgIpc) is 3.03. The van der Waals surface area contributed by atoms with Crippen LogP contribution in [-0.4, -0.2) is 32.3 Å². The van der Waals surface area contributed by atoms with E-state index >= 15 is 4.39 Å². The highest BCUT2D eigenvalue weighted by Gasteiger charge is 2.46. The number of alkyl halides is 3. The summed E-state index contributed by atoms with van der Waals surface area (Å²) in [5.41, 5.74) is -0.429. The molecule has 0 radical (unpaired) electrons. The molecule has 180 valence electrons. The number of aromatic nitrogens is 4. The molecule has 5 rings (SSSR count). The fourth-order valence-electron chi connectivity index (χ4n) is 3.98. The second-order valence-electron chi connectivity index (χ2n) is 8.89. The molecular weight excluding hydrogens is 462 g/mol. The summed E-state index contributed by atoms with van der Waals surface area (Å²) in [4.78, 5) is 4.58. The highest BCUT2D eigenvalue weighted by Crippen LogP contribution is 2.40. The molecule has 2 aromatic carbocycles. The van der Waals surface area contributed by atoms with E-state index in [1.807, 2.05) is 0 Å². The van der Waals surface area contributed by atoms with Gasteiger partial charge in [0, 0.05) is 13.0 Å². The van der Waals surface area contributed by atoms with Crippen molar-refractivity contribution in [2.24, 2.45) is 5.41 Å². The first kappa shape index (κ1) is 22.9.